The van der Waals surface area contributed by atoms with Gasteiger partial charge in [-0.3, -0.25) is 14.4 Å². The third-order valence-corrected chi connectivity index (χ3v) is 6.96. The molecular weight excluding hydrogens is 540 g/mol. The van der Waals surface area contributed by atoms with Gasteiger partial charge in [-0.2, -0.15) is 0 Å². The van der Waals surface area contributed by atoms with E-state index in [0.29, 0.717) is 31.5 Å². The maximum Gasteiger partial charge on any atom is 0.326 e. The van der Waals surface area contributed by atoms with Crippen LogP contribution in [0.3, 0.4) is 0 Å². The van der Waals surface area contributed by atoms with Crippen LogP contribution in [0.4, 0.5) is 0 Å². The lowest BCUT2D eigenvalue weighted by atomic mass is 10.0. The molecule has 42 heavy (non-hydrogen) atoms. The predicted octanol–water partition coefficient (Wildman–Crippen LogP) is 0.718. The molecule has 3 aromatic rings. The van der Waals surface area contributed by atoms with E-state index in [9.17, 15) is 24.3 Å². The van der Waals surface area contributed by atoms with Gasteiger partial charge in [-0.05, 0) is 56.2 Å². The largest absolute Gasteiger partial charge is 0.480 e. The summed E-state index contributed by atoms with van der Waals surface area (Å²) in [7, 11) is 0. The number of carbonyl (C=O) groups excluding carboxylic acids is 3. The molecule has 13 nitrogen and oxygen atoms in total. The van der Waals surface area contributed by atoms with Crippen molar-refractivity contribution in [2.75, 3.05) is 6.54 Å². The molecule has 0 aliphatic heterocycles. The first-order chi connectivity index (χ1) is 20.1. The van der Waals surface area contributed by atoms with E-state index >= 15 is 0 Å². The average Bonchev–Trinajstić information content (AvgIpc) is 3.61. The lowest BCUT2D eigenvalue weighted by Gasteiger charge is -2.26. The van der Waals surface area contributed by atoms with Crippen LogP contribution in [0.25, 0.3) is 10.9 Å². The highest BCUT2D eigenvalue weighted by Crippen LogP contribution is 2.19. The molecule has 228 valence electrons. The first kappa shape index (κ1) is 32.3. The van der Waals surface area contributed by atoms with Crippen LogP contribution in [0.2, 0.25) is 0 Å². The third kappa shape index (κ3) is 9.42. The number of carboxylic acid groups (broad SMARTS) is 1. The Morgan fingerprint density at radius 2 is 1.62 bits per heavy atom. The van der Waals surface area contributed by atoms with Gasteiger partial charge < -0.3 is 42.5 Å². The first-order valence-corrected chi connectivity index (χ1v) is 14.2. The third-order valence-electron chi connectivity index (χ3n) is 6.96. The number of amides is 3. The second kappa shape index (κ2) is 15.7. The Balaban J connectivity index is 1.69. The van der Waals surface area contributed by atoms with Crippen LogP contribution in [-0.4, -0.2) is 74.5 Å². The number of nitrogens with zero attached hydrogens (tertiary/aromatic N) is 1. The summed E-state index contributed by atoms with van der Waals surface area (Å²) in [5.74, 6) is -2.90. The van der Waals surface area contributed by atoms with Gasteiger partial charge in [-0.15, -0.1) is 0 Å². The van der Waals surface area contributed by atoms with Crippen molar-refractivity contribution in [2.45, 2.75) is 76.5 Å². The lowest BCUT2D eigenvalue weighted by Crippen LogP contribution is -2.57. The monoisotopic (exact) mass is 582 g/mol. The van der Waals surface area contributed by atoms with Crippen LogP contribution in [0.15, 0.2) is 43.0 Å². The summed E-state index contributed by atoms with van der Waals surface area (Å²) >= 11 is 0. The van der Waals surface area contributed by atoms with Crippen molar-refractivity contribution in [1.29, 1.82) is 0 Å². The van der Waals surface area contributed by atoms with Crippen LogP contribution in [0.1, 0.15) is 50.8 Å². The highest BCUT2D eigenvalue weighted by atomic mass is 16.4. The number of fused-ring (bicyclic) bond motifs is 1. The van der Waals surface area contributed by atoms with Crippen molar-refractivity contribution in [3.63, 3.8) is 0 Å². The minimum Gasteiger partial charge on any atom is -0.480 e. The van der Waals surface area contributed by atoms with Crippen molar-refractivity contribution < 1.29 is 24.3 Å². The van der Waals surface area contributed by atoms with Crippen molar-refractivity contribution in [3.05, 3.63) is 54.2 Å². The number of para-hydroxylation sites is 1. The molecule has 4 atom stereocenters. The van der Waals surface area contributed by atoms with E-state index in [2.05, 4.69) is 30.9 Å². The molecule has 4 unspecified atom stereocenters. The molecule has 0 saturated heterocycles. The molecule has 0 fully saturated rings. The van der Waals surface area contributed by atoms with Crippen molar-refractivity contribution in [2.24, 2.45) is 17.4 Å². The Morgan fingerprint density at radius 1 is 0.929 bits per heavy atom. The quantitative estimate of drug-likeness (QED) is 0.106. The summed E-state index contributed by atoms with van der Waals surface area (Å²) in [6, 6.07) is 3.57. The predicted molar refractivity (Wildman–Crippen MR) is 158 cm³/mol. The van der Waals surface area contributed by atoms with E-state index in [4.69, 9.17) is 11.5 Å². The summed E-state index contributed by atoms with van der Waals surface area (Å²) in [4.78, 5) is 61.5. The number of aliphatic carboxylic acids is 1. The summed E-state index contributed by atoms with van der Waals surface area (Å²) in [6.07, 6.45) is 6.74. The van der Waals surface area contributed by atoms with Gasteiger partial charge in [0.1, 0.15) is 18.1 Å². The Morgan fingerprint density at radius 3 is 2.29 bits per heavy atom. The molecule has 13 heteroatoms. The highest BCUT2D eigenvalue weighted by Gasteiger charge is 2.31. The number of carbonyl (C=O) groups is 4. The van der Waals surface area contributed by atoms with Crippen molar-refractivity contribution in [1.82, 2.24) is 30.9 Å². The highest BCUT2D eigenvalue weighted by molar-refractivity contribution is 5.94. The molecular formula is C29H42N8O5. The smallest absolute Gasteiger partial charge is 0.326 e. The molecule has 2 aromatic heterocycles. The van der Waals surface area contributed by atoms with E-state index in [1.807, 2.05) is 44.3 Å². The normalized spacial score (nSPS) is 14.2. The number of hydrogen-bond acceptors (Lipinski definition) is 7. The fraction of sp³-hybridized carbons (Fsp3) is 0.483. The Kier molecular flexibility index (Phi) is 12.1. The minimum absolute atomic E-state index is 0.00446. The van der Waals surface area contributed by atoms with Crippen LogP contribution in [0.5, 0.6) is 0 Å². The van der Waals surface area contributed by atoms with Crippen LogP contribution >= 0.6 is 0 Å². The summed E-state index contributed by atoms with van der Waals surface area (Å²) < 4.78 is 0. The molecule has 1 aromatic carbocycles. The Bertz CT molecular complexity index is 1320. The molecule has 0 bridgehead atoms. The fourth-order valence-electron chi connectivity index (χ4n) is 4.73. The van der Waals surface area contributed by atoms with E-state index in [-0.39, 0.29) is 25.2 Å². The molecule has 3 amide bonds. The summed E-state index contributed by atoms with van der Waals surface area (Å²) in [6.45, 7) is 4.19. The average molecular weight is 583 g/mol. The topological polar surface area (TPSA) is 221 Å². The number of aromatic nitrogens is 3. The number of rotatable bonds is 17. The molecule has 0 saturated carbocycles. The van der Waals surface area contributed by atoms with Gasteiger partial charge in [0.25, 0.3) is 0 Å². The van der Waals surface area contributed by atoms with Crippen molar-refractivity contribution >= 4 is 34.6 Å². The van der Waals surface area contributed by atoms with Crippen LogP contribution in [-0.2, 0) is 32.0 Å². The zero-order valence-electron chi connectivity index (χ0n) is 24.1. The first-order valence-electron chi connectivity index (χ1n) is 14.2. The molecule has 3 rings (SSSR count). The number of hydrogen-bond donors (Lipinski definition) is 8. The zero-order valence-corrected chi connectivity index (χ0v) is 24.1. The maximum absolute atomic E-state index is 13.4. The molecule has 2 heterocycles. The van der Waals surface area contributed by atoms with Crippen LogP contribution in [0, 0.1) is 5.92 Å². The van der Waals surface area contributed by atoms with E-state index < -0.39 is 47.9 Å². The molecule has 0 radical (unpaired) electrons. The van der Waals surface area contributed by atoms with Crippen molar-refractivity contribution in [3.8, 4) is 0 Å². The fourth-order valence-corrected chi connectivity index (χ4v) is 4.73. The number of aromatic amines is 2. The van der Waals surface area contributed by atoms with Gasteiger partial charge in [0.2, 0.25) is 17.7 Å². The number of nitrogens with two attached hydrogens (primary N) is 2. The van der Waals surface area contributed by atoms with Gasteiger partial charge >= 0.3 is 5.97 Å². The standard InChI is InChI=1S/C29H42N8O5/c1-17(2)11-24(28(40)37-25(29(41)42)13-19-15-32-16-34-19)36-27(39)23(9-5-6-10-30)35-26(38)21(31)12-18-14-33-22-8-4-3-7-20(18)22/h3-4,7-8,14-17,21,23-25,33H,5-6,9-13,30-31H2,1-2H3,(H,32,34)(H,35,38)(H,36,39)(H,37,40)(H,41,42). The Labute approximate surface area is 244 Å². The molecule has 10 N–H and O–H groups in total. The number of benzene rings is 1. The number of H-pyrrole nitrogens is 2. The van der Waals surface area contributed by atoms with Crippen LogP contribution < -0.4 is 27.4 Å². The number of imidazole rings is 1. The lowest BCUT2D eigenvalue weighted by molar-refractivity contribution is -0.142. The SMILES string of the molecule is CC(C)CC(NC(=O)C(CCCCN)NC(=O)C(N)Cc1c[nH]c2ccccc12)C(=O)NC(Cc1cnc[nH]1)C(=O)O. The molecule has 0 spiro atoms. The maximum atomic E-state index is 13.4. The minimum atomic E-state index is -1.23. The van der Waals surface area contributed by atoms with E-state index in [1.54, 1.807) is 0 Å². The molecule has 0 aliphatic rings. The van der Waals surface area contributed by atoms with E-state index in [1.165, 1.54) is 12.5 Å². The number of nitrogens with one attached hydrogen (secondary N) is 5. The van der Waals surface area contributed by atoms with E-state index in [0.717, 1.165) is 16.5 Å². The van der Waals surface area contributed by atoms with Gasteiger partial charge in [-0.1, -0.05) is 32.0 Å². The second-order valence-electron chi connectivity index (χ2n) is 10.9. The number of unbranched alkanes of at least 4 members (excludes halogenated alkanes) is 1. The zero-order chi connectivity index (χ0) is 30.6. The second-order valence-corrected chi connectivity index (χ2v) is 10.9. The Hall–Kier alpha value is -4.23. The van der Waals surface area contributed by atoms with Gasteiger partial charge in [-0.25, -0.2) is 9.78 Å². The van der Waals surface area contributed by atoms with Gasteiger partial charge in [0, 0.05) is 35.4 Å². The van der Waals surface area contributed by atoms with Gasteiger partial charge in [0.15, 0.2) is 0 Å². The molecule has 0 aliphatic carbocycles. The summed E-state index contributed by atoms with van der Waals surface area (Å²) in [5, 5.41) is 18.7. The van der Waals surface area contributed by atoms with Gasteiger partial charge in [0.05, 0.1) is 12.4 Å². The summed E-state index contributed by atoms with van der Waals surface area (Å²) in [5.41, 5.74) is 14.2. The number of carboxylic acids is 1.